The number of allylic oxidation sites excluding steroid dienone is 2. The fraction of sp³-hybridized carbons (Fsp3) is 0.636. The lowest BCUT2D eigenvalue weighted by molar-refractivity contribution is 0.137. The standard InChI is InChI=1S/C11H18O/c1-3-11(2,9-12)10-7-5-4-6-8-10/h3,5,7,10,12H,1,4,6,8-9H2,2H3. The van der Waals surface area contributed by atoms with Crippen LogP contribution in [0.1, 0.15) is 26.2 Å². The van der Waals surface area contributed by atoms with Crippen LogP contribution in [0.3, 0.4) is 0 Å². The van der Waals surface area contributed by atoms with E-state index in [1.54, 1.807) is 0 Å². The fourth-order valence-corrected chi connectivity index (χ4v) is 1.70. The highest BCUT2D eigenvalue weighted by molar-refractivity contribution is 5.06. The third-order valence-electron chi connectivity index (χ3n) is 2.91. The zero-order valence-corrected chi connectivity index (χ0v) is 7.79. The fourth-order valence-electron chi connectivity index (χ4n) is 1.70. The van der Waals surface area contributed by atoms with Gasteiger partial charge in [0.15, 0.2) is 0 Å². The minimum absolute atomic E-state index is 0.114. The zero-order chi connectivity index (χ0) is 9.03. The molecule has 0 amide bonds. The summed E-state index contributed by atoms with van der Waals surface area (Å²) < 4.78 is 0. The minimum atomic E-state index is -0.114. The van der Waals surface area contributed by atoms with Gasteiger partial charge in [-0.25, -0.2) is 0 Å². The van der Waals surface area contributed by atoms with Gasteiger partial charge in [0.25, 0.3) is 0 Å². The van der Waals surface area contributed by atoms with Crippen molar-refractivity contribution in [3.05, 3.63) is 24.8 Å². The molecule has 0 fully saturated rings. The number of rotatable bonds is 3. The van der Waals surface area contributed by atoms with Crippen LogP contribution in [0.25, 0.3) is 0 Å². The highest BCUT2D eigenvalue weighted by atomic mass is 16.3. The maximum absolute atomic E-state index is 9.23. The predicted molar refractivity (Wildman–Crippen MR) is 51.9 cm³/mol. The second-order valence-corrected chi connectivity index (χ2v) is 3.83. The molecule has 1 nitrogen and oxygen atoms in total. The van der Waals surface area contributed by atoms with Gasteiger partial charge in [-0.2, -0.15) is 0 Å². The molecule has 0 heterocycles. The summed E-state index contributed by atoms with van der Waals surface area (Å²) in [5.74, 6) is 0.480. The summed E-state index contributed by atoms with van der Waals surface area (Å²) in [5.41, 5.74) is -0.114. The summed E-state index contributed by atoms with van der Waals surface area (Å²) in [6.07, 6.45) is 9.93. The van der Waals surface area contributed by atoms with Gasteiger partial charge in [0, 0.05) is 5.41 Å². The van der Waals surface area contributed by atoms with E-state index in [4.69, 9.17) is 0 Å². The Hall–Kier alpha value is -0.560. The average Bonchev–Trinajstić information content (AvgIpc) is 2.18. The smallest absolute Gasteiger partial charge is 0.0524 e. The summed E-state index contributed by atoms with van der Waals surface area (Å²) in [6, 6.07) is 0. The van der Waals surface area contributed by atoms with Crippen molar-refractivity contribution in [2.75, 3.05) is 6.61 Å². The molecule has 0 radical (unpaired) electrons. The average molecular weight is 166 g/mol. The van der Waals surface area contributed by atoms with E-state index in [0.717, 1.165) is 0 Å². The van der Waals surface area contributed by atoms with E-state index in [1.165, 1.54) is 19.3 Å². The Morgan fingerprint density at radius 2 is 2.50 bits per heavy atom. The number of aliphatic hydroxyl groups excluding tert-OH is 1. The van der Waals surface area contributed by atoms with E-state index in [0.29, 0.717) is 5.92 Å². The topological polar surface area (TPSA) is 20.2 Å². The molecule has 12 heavy (non-hydrogen) atoms. The van der Waals surface area contributed by atoms with Crippen LogP contribution in [-0.2, 0) is 0 Å². The second-order valence-electron chi connectivity index (χ2n) is 3.83. The van der Waals surface area contributed by atoms with Gasteiger partial charge in [0.2, 0.25) is 0 Å². The van der Waals surface area contributed by atoms with Crippen LogP contribution in [0.4, 0.5) is 0 Å². The van der Waals surface area contributed by atoms with Crippen LogP contribution in [0.2, 0.25) is 0 Å². The Morgan fingerprint density at radius 3 is 2.92 bits per heavy atom. The maximum atomic E-state index is 9.23. The van der Waals surface area contributed by atoms with E-state index >= 15 is 0 Å². The molecule has 0 bridgehead atoms. The largest absolute Gasteiger partial charge is 0.395 e. The molecule has 0 aliphatic heterocycles. The van der Waals surface area contributed by atoms with Crippen LogP contribution < -0.4 is 0 Å². The van der Waals surface area contributed by atoms with Crippen molar-refractivity contribution in [1.29, 1.82) is 0 Å². The second kappa shape index (κ2) is 3.90. The molecule has 2 unspecified atom stereocenters. The van der Waals surface area contributed by atoms with Crippen molar-refractivity contribution in [2.24, 2.45) is 11.3 Å². The lowest BCUT2D eigenvalue weighted by atomic mass is 9.73. The van der Waals surface area contributed by atoms with E-state index in [-0.39, 0.29) is 12.0 Å². The first kappa shape index (κ1) is 9.53. The molecular formula is C11H18O. The highest BCUT2D eigenvalue weighted by Crippen LogP contribution is 2.35. The molecule has 0 saturated heterocycles. The number of hydrogen-bond donors (Lipinski definition) is 1. The maximum Gasteiger partial charge on any atom is 0.0524 e. The molecule has 1 rings (SSSR count). The number of aliphatic hydroxyl groups is 1. The summed E-state index contributed by atoms with van der Waals surface area (Å²) >= 11 is 0. The van der Waals surface area contributed by atoms with Gasteiger partial charge in [-0.3, -0.25) is 0 Å². The summed E-state index contributed by atoms with van der Waals surface area (Å²) in [5, 5.41) is 9.23. The van der Waals surface area contributed by atoms with Crippen molar-refractivity contribution in [3.63, 3.8) is 0 Å². The van der Waals surface area contributed by atoms with Crippen LogP contribution >= 0.6 is 0 Å². The first-order chi connectivity index (χ1) is 5.73. The molecule has 1 aliphatic rings. The van der Waals surface area contributed by atoms with Crippen LogP contribution in [0.15, 0.2) is 24.8 Å². The van der Waals surface area contributed by atoms with Gasteiger partial charge < -0.3 is 5.11 Å². The molecule has 1 aliphatic carbocycles. The van der Waals surface area contributed by atoms with Gasteiger partial charge >= 0.3 is 0 Å². The monoisotopic (exact) mass is 166 g/mol. The molecule has 0 aromatic heterocycles. The molecule has 1 N–H and O–H groups in total. The predicted octanol–water partition coefficient (Wildman–Crippen LogP) is 2.53. The minimum Gasteiger partial charge on any atom is -0.395 e. The van der Waals surface area contributed by atoms with Gasteiger partial charge in [-0.15, -0.1) is 6.58 Å². The lowest BCUT2D eigenvalue weighted by Crippen LogP contribution is -2.28. The first-order valence-electron chi connectivity index (χ1n) is 4.64. The van der Waals surface area contributed by atoms with Crippen molar-refractivity contribution in [2.45, 2.75) is 26.2 Å². The Balaban J connectivity index is 2.70. The van der Waals surface area contributed by atoms with Gasteiger partial charge in [-0.05, 0) is 25.2 Å². The summed E-state index contributed by atoms with van der Waals surface area (Å²) in [4.78, 5) is 0. The normalized spacial score (nSPS) is 28.0. The van der Waals surface area contributed by atoms with Gasteiger partial charge in [0.05, 0.1) is 6.61 Å². The molecule has 0 aromatic carbocycles. The molecule has 0 saturated carbocycles. The van der Waals surface area contributed by atoms with Crippen molar-refractivity contribution in [1.82, 2.24) is 0 Å². The lowest BCUT2D eigenvalue weighted by Gasteiger charge is -2.33. The van der Waals surface area contributed by atoms with Crippen LogP contribution in [-0.4, -0.2) is 11.7 Å². The Labute approximate surface area is 74.8 Å². The Bertz CT molecular complexity index is 183. The van der Waals surface area contributed by atoms with Gasteiger partial charge in [0.1, 0.15) is 0 Å². The molecular weight excluding hydrogens is 148 g/mol. The van der Waals surface area contributed by atoms with E-state index in [1.807, 2.05) is 6.08 Å². The third-order valence-corrected chi connectivity index (χ3v) is 2.91. The van der Waals surface area contributed by atoms with E-state index in [2.05, 4.69) is 25.7 Å². The Morgan fingerprint density at radius 1 is 1.75 bits per heavy atom. The molecule has 1 heteroatoms. The summed E-state index contributed by atoms with van der Waals surface area (Å²) in [7, 11) is 0. The quantitative estimate of drug-likeness (QED) is 0.639. The third kappa shape index (κ3) is 1.78. The van der Waals surface area contributed by atoms with E-state index in [9.17, 15) is 5.11 Å². The zero-order valence-electron chi connectivity index (χ0n) is 7.79. The van der Waals surface area contributed by atoms with Crippen molar-refractivity contribution >= 4 is 0 Å². The molecule has 0 spiro atoms. The van der Waals surface area contributed by atoms with Gasteiger partial charge in [-0.1, -0.05) is 25.2 Å². The van der Waals surface area contributed by atoms with Crippen LogP contribution in [0.5, 0.6) is 0 Å². The molecule has 2 atom stereocenters. The van der Waals surface area contributed by atoms with E-state index < -0.39 is 0 Å². The number of hydrogen-bond acceptors (Lipinski definition) is 1. The Kier molecular flexibility index (Phi) is 3.10. The SMILES string of the molecule is C=CC(C)(CO)C1C=CCCC1. The first-order valence-corrected chi connectivity index (χ1v) is 4.64. The highest BCUT2D eigenvalue weighted by Gasteiger charge is 2.29. The van der Waals surface area contributed by atoms with Crippen LogP contribution in [0, 0.1) is 11.3 Å². The summed E-state index contributed by atoms with van der Waals surface area (Å²) in [6.45, 7) is 6.05. The molecule has 68 valence electrons. The van der Waals surface area contributed by atoms with Crippen molar-refractivity contribution < 1.29 is 5.11 Å². The molecule has 0 aromatic rings. The van der Waals surface area contributed by atoms with Crippen molar-refractivity contribution in [3.8, 4) is 0 Å².